The Morgan fingerprint density at radius 2 is 2.10 bits per heavy atom. The maximum atomic E-state index is 11.7. The molecule has 0 heterocycles. The van der Waals surface area contributed by atoms with Crippen LogP contribution in [0.2, 0.25) is 0 Å². The highest BCUT2D eigenvalue weighted by atomic mass is 32.2. The van der Waals surface area contributed by atoms with E-state index in [1.807, 2.05) is 0 Å². The molecular weight excluding hydrogens is 284 g/mol. The highest BCUT2D eigenvalue weighted by Crippen LogP contribution is 2.46. The minimum absolute atomic E-state index is 0.195. The minimum Gasteiger partial charge on any atom is -0.760 e. The largest absolute Gasteiger partial charge is 0.760 e. The number of ether oxygens (including phenoxy) is 1. The summed E-state index contributed by atoms with van der Waals surface area (Å²) in [6.07, 6.45) is 3.37. The molecule has 2 rings (SSSR count). The molecule has 2 N–H and O–H groups in total. The molecule has 20 heavy (non-hydrogen) atoms. The van der Waals surface area contributed by atoms with Gasteiger partial charge in [-0.2, -0.15) is 0 Å². The van der Waals surface area contributed by atoms with Crippen LogP contribution >= 0.6 is 0 Å². The number of esters is 1. The van der Waals surface area contributed by atoms with Gasteiger partial charge in [0.2, 0.25) is 5.91 Å². The van der Waals surface area contributed by atoms with Crippen molar-refractivity contribution in [1.29, 1.82) is 0 Å². The van der Waals surface area contributed by atoms with Crippen molar-refractivity contribution < 1.29 is 23.1 Å². The van der Waals surface area contributed by atoms with Crippen LogP contribution in [-0.4, -0.2) is 39.3 Å². The second-order valence-electron chi connectivity index (χ2n) is 5.09. The molecular formula is C12H17N2O5S-. The lowest BCUT2D eigenvalue weighted by atomic mass is 9.93. The van der Waals surface area contributed by atoms with Crippen LogP contribution in [0.5, 0.6) is 0 Å². The second-order valence-corrected chi connectivity index (χ2v) is 5.79. The molecule has 0 aromatic heterocycles. The van der Waals surface area contributed by atoms with Gasteiger partial charge in [0.05, 0.1) is 6.04 Å². The summed E-state index contributed by atoms with van der Waals surface area (Å²) in [4.78, 5) is 22.6. The number of hydrogen-bond acceptors (Lipinski definition) is 5. The first kappa shape index (κ1) is 15.1. The molecule has 1 amide bonds. The Hall–Kier alpha value is -1.25. The Morgan fingerprint density at radius 3 is 2.75 bits per heavy atom. The van der Waals surface area contributed by atoms with E-state index in [0.717, 1.165) is 25.3 Å². The first-order chi connectivity index (χ1) is 9.51. The predicted molar refractivity (Wildman–Crippen MR) is 69.8 cm³/mol. The minimum atomic E-state index is -2.38. The molecule has 2 aliphatic carbocycles. The van der Waals surface area contributed by atoms with E-state index >= 15 is 0 Å². The SMILES string of the molecule is C=CC(=O)NCC(=O)OC1C2CCC(C2)C1NS(=O)[O-]. The standard InChI is InChI=1S/C12H18N2O5S/c1-2-9(15)13-6-10(16)19-12-8-4-3-7(5-8)11(12)14-20(17)18/h2,7-8,11-12,14H,1,3-6H2,(H,13,15)(H,17,18)/p-1. The van der Waals surface area contributed by atoms with Crippen molar-refractivity contribution in [2.24, 2.45) is 11.8 Å². The molecule has 0 aromatic rings. The highest BCUT2D eigenvalue weighted by Gasteiger charge is 2.49. The third kappa shape index (κ3) is 3.44. The predicted octanol–water partition coefficient (Wildman–Crippen LogP) is -0.617. The molecule has 112 valence electrons. The van der Waals surface area contributed by atoms with Crippen molar-refractivity contribution >= 4 is 23.1 Å². The molecule has 0 spiro atoms. The third-order valence-corrected chi connectivity index (χ3v) is 4.40. The van der Waals surface area contributed by atoms with Gasteiger partial charge in [-0.05, 0) is 37.2 Å². The van der Waals surface area contributed by atoms with E-state index in [0.29, 0.717) is 0 Å². The fourth-order valence-electron chi connectivity index (χ4n) is 3.11. The average Bonchev–Trinajstić information content (AvgIpc) is 2.98. The van der Waals surface area contributed by atoms with Gasteiger partial charge in [-0.25, -0.2) is 4.72 Å². The van der Waals surface area contributed by atoms with E-state index in [-0.39, 0.29) is 24.4 Å². The number of hydrogen-bond donors (Lipinski definition) is 2. The van der Waals surface area contributed by atoms with Crippen molar-refractivity contribution in [3.05, 3.63) is 12.7 Å². The summed E-state index contributed by atoms with van der Waals surface area (Å²) in [5, 5.41) is 2.33. The molecule has 2 saturated carbocycles. The van der Waals surface area contributed by atoms with E-state index in [9.17, 15) is 18.4 Å². The zero-order valence-corrected chi connectivity index (χ0v) is 11.7. The van der Waals surface area contributed by atoms with Crippen molar-refractivity contribution in [3.63, 3.8) is 0 Å². The molecule has 0 radical (unpaired) electrons. The van der Waals surface area contributed by atoms with E-state index in [1.165, 1.54) is 0 Å². The van der Waals surface area contributed by atoms with Crippen molar-refractivity contribution in [2.75, 3.05) is 6.54 Å². The highest BCUT2D eigenvalue weighted by molar-refractivity contribution is 7.77. The number of amides is 1. The molecule has 0 saturated heterocycles. The smallest absolute Gasteiger partial charge is 0.325 e. The summed E-state index contributed by atoms with van der Waals surface area (Å²) >= 11 is -2.38. The average molecular weight is 301 g/mol. The van der Waals surface area contributed by atoms with E-state index in [4.69, 9.17) is 4.74 Å². The van der Waals surface area contributed by atoms with Gasteiger partial charge in [-0.15, -0.1) is 0 Å². The summed E-state index contributed by atoms with van der Waals surface area (Å²) in [6.45, 7) is 3.03. The first-order valence-electron chi connectivity index (χ1n) is 6.46. The first-order valence-corrected chi connectivity index (χ1v) is 7.54. The molecule has 0 aromatic carbocycles. The van der Waals surface area contributed by atoms with Crippen molar-refractivity contribution in [2.45, 2.75) is 31.4 Å². The van der Waals surface area contributed by atoms with Crippen LogP contribution in [0.25, 0.3) is 0 Å². The number of carbonyl (C=O) groups excluding carboxylic acids is 2. The normalized spacial score (nSPS) is 32.6. The quantitative estimate of drug-likeness (QED) is 0.386. The molecule has 2 bridgehead atoms. The van der Waals surface area contributed by atoms with Gasteiger partial charge in [0, 0.05) is 11.3 Å². The van der Waals surface area contributed by atoms with Gasteiger partial charge < -0.3 is 14.6 Å². The lowest BCUT2D eigenvalue weighted by Crippen LogP contribution is -2.47. The molecule has 0 aliphatic heterocycles. The molecule has 7 nitrogen and oxygen atoms in total. The Morgan fingerprint density at radius 1 is 1.40 bits per heavy atom. The summed E-state index contributed by atoms with van der Waals surface area (Å²) in [5.74, 6) is -0.606. The van der Waals surface area contributed by atoms with Crippen LogP contribution < -0.4 is 10.0 Å². The lowest BCUT2D eigenvalue weighted by Gasteiger charge is -2.31. The topological polar surface area (TPSA) is 108 Å². The number of rotatable bonds is 6. The van der Waals surface area contributed by atoms with Gasteiger partial charge >= 0.3 is 5.97 Å². The van der Waals surface area contributed by atoms with Crippen LogP contribution in [0.4, 0.5) is 0 Å². The summed E-state index contributed by atoms with van der Waals surface area (Å²) < 4.78 is 29.4. The van der Waals surface area contributed by atoms with Gasteiger partial charge in [-0.3, -0.25) is 13.8 Å². The van der Waals surface area contributed by atoms with Crippen LogP contribution in [0, 0.1) is 11.8 Å². The molecule has 8 heteroatoms. The maximum absolute atomic E-state index is 11.7. The summed E-state index contributed by atoms with van der Waals surface area (Å²) in [7, 11) is 0. The monoisotopic (exact) mass is 301 g/mol. The molecule has 2 fully saturated rings. The lowest BCUT2D eigenvalue weighted by molar-refractivity contribution is -0.152. The molecule has 2 aliphatic rings. The zero-order chi connectivity index (χ0) is 14.7. The maximum Gasteiger partial charge on any atom is 0.325 e. The number of nitrogens with one attached hydrogen (secondary N) is 2. The second kappa shape index (κ2) is 6.47. The molecule has 5 atom stereocenters. The fourth-order valence-corrected chi connectivity index (χ4v) is 3.66. The van der Waals surface area contributed by atoms with Gasteiger partial charge in [0.1, 0.15) is 12.6 Å². The van der Waals surface area contributed by atoms with E-state index in [1.54, 1.807) is 0 Å². The fraction of sp³-hybridized carbons (Fsp3) is 0.667. The van der Waals surface area contributed by atoms with Gasteiger partial charge in [0.25, 0.3) is 0 Å². The van der Waals surface area contributed by atoms with E-state index in [2.05, 4.69) is 16.6 Å². The van der Waals surface area contributed by atoms with Crippen LogP contribution in [0.1, 0.15) is 19.3 Å². The number of carbonyl (C=O) groups is 2. The Balaban J connectivity index is 1.89. The summed E-state index contributed by atoms with van der Waals surface area (Å²) in [5.41, 5.74) is 0. The van der Waals surface area contributed by atoms with Gasteiger partial charge in [-0.1, -0.05) is 6.58 Å². The Kier molecular flexibility index (Phi) is 4.90. The third-order valence-electron chi connectivity index (χ3n) is 3.93. The summed E-state index contributed by atoms with van der Waals surface area (Å²) in [6, 6.07) is -0.355. The van der Waals surface area contributed by atoms with Crippen molar-refractivity contribution in [1.82, 2.24) is 10.0 Å². The van der Waals surface area contributed by atoms with Crippen LogP contribution in [-0.2, 0) is 25.6 Å². The Bertz CT molecular complexity index is 442. The zero-order valence-electron chi connectivity index (χ0n) is 10.9. The molecule has 5 unspecified atom stereocenters. The van der Waals surface area contributed by atoms with Crippen molar-refractivity contribution in [3.8, 4) is 0 Å². The van der Waals surface area contributed by atoms with Crippen LogP contribution in [0.3, 0.4) is 0 Å². The number of fused-ring (bicyclic) bond motifs is 2. The van der Waals surface area contributed by atoms with Crippen LogP contribution in [0.15, 0.2) is 12.7 Å². The van der Waals surface area contributed by atoms with Gasteiger partial charge in [0.15, 0.2) is 0 Å². The van der Waals surface area contributed by atoms with E-state index < -0.39 is 29.2 Å². The Labute approximate surface area is 119 Å².